The Labute approximate surface area is 87.9 Å². The van der Waals surface area contributed by atoms with Crippen molar-refractivity contribution in [2.75, 3.05) is 0 Å². The van der Waals surface area contributed by atoms with Gasteiger partial charge in [0, 0.05) is 0 Å². The van der Waals surface area contributed by atoms with E-state index in [1.165, 1.54) is 6.08 Å². The number of rotatable bonds is 3. The highest BCUT2D eigenvalue weighted by atomic mass is 35.5. The molecule has 0 heterocycles. The first-order valence-electron chi connectivity index (χ1n) is 3.53. The van der Waals surface area contributed by atoms with Crippen LogP contribution in [0.1, 0.15) is 5.56 Å². The maximum Gasteiger partial charge on any atom is 0.524 e. The third kappa shape index (κ3) is 5.78. The molecule has 0 aromatic heterocycles. The zero-order valence-electron chi connectivity index (χ0n) is 7.11. The van der Waals surface area contributed by atoms with Crippen LogP contribution in [0.5, 0.6) is 0 Å². The summed E-state index contributed by atoms with van der Waals surface area (Å²) in [4.78, 5) is 16.7. The lowest BCUT2D eigenvalue weighted by atomic mass is 10.2. The van der Waals surface area contributed by atoms with E-state index in [2.05, 4.69) is 4.52 Å². The Balaban J connectivity index is 0.00000169. The van der Waals surface area contributed by atoms with E-state index in [1.807, 2.05) is 18.2 Å². The van der Waals surface area contributed by atoms with Crippen LogP contribution >= 0.6 is 20.2 Å². The summed E-state index contributed by atoms with van der Waals surface area (Å²) < 4.78 is 14.4. The van der Waals surface area contributed by atoms with E-state index in [1.54, 1.807) is 12.1 Å². The topological polar surface area (TPSA) is 66.8 Å². The Morgan fingerprint density at radius 2 is 1.79 bits per heavy atom. The van der Waals surface area contributed by atoms with Crippen LogP contribution in [-0.2, 0) is 9.09 Å². The second-order valence-electron chi connectivity index (χ2n) is 2.31. The number of benzene rings is 1. The fourth-order valence-electron chi connectivity index (χ4n) is 0.752. The third-order valence-corrected chi connectivity index (χ3v) is 1.65. The van der Waals surface area contributed by atoms with Crippen LogP contribution in [0.4, 0.5) is 0 Å². The van der Waals surface area contributed by atoms with Crippen molar-refractivity contribution in [2.24, 2.45) is 0 Å². The average Bonchev–Trinajstić information content (AvgIpc) is 2.04. The number of hydrogen-bond donors (Lipinski definition) is 2. The predicted molar refractivity (Wildman–Crippen MR) is 55.9 cm³/mol. The van der Waals surface area contributed by atoms with Crippen molar-refractivity contribution in [3.63, 3.8) is 0 Å². The first-order chi connectivity index (χ1) is 6.08. The number of phosphoric acid groups is 1. The minimum Gasteiger partial charge on any atom is -0.412 e. The van der Waals surface area contributed by atoms with Gasteiger partial charge in [0.1, 0.15) is 0 Å². The molecule has 1 aromatic carbocycles. The molecule has 1 rings (SSSR count). The molecule has 78 valence electrons. The van der Waals surface area contributed by atoms with Gasteiger partial charge in [-0.2, -0.15) is 0 Å². The van der Waals surface area contributed by atoms with Gasteiger partial charge in [-0.05, 0) is 11.6 Å². The first kappa shape index (κ1) is 13.2. The van der Waals surface area contributed by atoms with Gasteiger partial charge in [0.05, 0.1) is 6.26 Å². The van der Waals surface area contributed by atoms with Gasteiger partial charge in [0.2, 0.25) is 0 Å². The van der Waals surface area contributed by atoms with Crippen molar-refractivity contribution in [3.05, 3.63) is 42.2 Å². The van der Waals surface area contributed by atoms with Crippen molar-refractivity contribution >= 4 is 26.3 Å². The van der Waals surface area contributed by atoms with Crippen LogP contribution < -0.4 is 0 Å². The fraction of sp³-hybridized carbons (Fsp3) is 0. The van der Waals surface area contributed by atoms with Crippen molar-refractivity contribution in [1.82, 2.24) is 0 Å². The van der Waals surface area contributed by atoms with Gasteiger partial charge in [-0.15, -0.1) is 12.4 Å². The first-order valence-corrected chi connectivity index (χ1v) is 5.06. The molecule has 0 unspecified atom stereocenters. The van der Waals surface area contributed by atoms with E-state index in [-0.39, 0.29) is 12.4 Å². The molecule has 0 spiro atoms. The highest BCUT2D eigenvalue weighted by Crippen LogP contribution is 2.36. The van der Waals surface area contributed by atoms with E-state index in [0.717, 1.165) is 11.8 Å². The van der Waals surface area contributed by atoms with Crippen LogP contribution in [0.25, 0.3) is 6.08 Å². The highest BCUT2D eigenvalue weighted by Gasteiger charge is 2.10. The van der Waals surface area contributed by atoms with Crippen molar-refractivity contribution < 1.29 is 18.9 Å². The molecule has 0 aliphatic rings. The summed E-state index contributed by atoms with van der Waals surface area (Å²) >= 11 is 0. The summed E-state index contributed by atoms with van der Waals surface area (Å²) in [6, 6.07) is 9.06. The van der Waals surface area contributed by atoms with Crippen molar-refractivity contribution in [2.45, 2.75) is 0 Å². The molecule has 0 amide bonds. The monoisotopic (exact) mass is 236 g/mol. The van der Waals surface area contributed by atoms with Gasteiger partial charge < -0.3 is 4.52 Å². The van der Waals surface area contributed by atoms with Gasteiger partial charge in [-0.3, -0.25) is 9.79 Å². The SMILES string of the molecule is Cl.O=P(O)(O)OC=Cc1ccccc1. The number of halogens is 1. The maximum atomic E-state index is 10.2. The molecule has 14 heavy (non-hydrogen) atoms. The molecule has 0 saturated carbocycles. The molecular weight excluding hydrogens is 227 g/mol. The lowest BCUT2D eigenvalue weighted by Gasteiger charge is -1.99. The van der Waals surface area contributed by atoms with Crippen LogP contribution in [0.3, 0.4) is 0 Å². The second-order valence-corrected chi connectivity index (χ2v) is 3.50. The molecule has 1 aromatic rings. The summed E-state index contributed by atoms with van der Waals surface area (Å²) in [5.74, 6) is 0. The summed E-state index contributed by atoms with van der Waals surface area (Å²) in [6.45, 7) is 0. The standard InChI is InChI=1S/C8H9O4P.ClH/c9-13(10,11)12-7-6-8-4-2-1-3-5-8;/h1-7H,(H2,9,10,11);1H. The molecule has 0 bridgehead atoms. The predicted octanol–water partition coefficient (Wildman–Crippen LogP) is 2.19. The van der Waals surface area contributed by atoms with E-state index in [4.69, 9.17) is 9.79 Å². The lowest BCUT2D eigenvalue weighted by Crippen LogP contribution is -1.77. The normalized spacial score (nSPS) is 11.0. The molecular formula is C8H10ClO4P. The minimum atomic E-state index is -4.39. The Hall–Kier alpha value is -0.800. The quantitative estimate of drug-likeness (QED) is 0.624. The fourth-order valence-corrected chi connectivity index (χ4v) is 0.972. The van der Waals surface area contributed by atoms with E-state index in [9.17, 15) is 4.57 Å². The van der Waals surface area contributed by atoms with E-state index < -0.39 is 7.82 Å². The molecule has 0 fully saturated rings. The van der Waals surface area contributed by atoms with E-state index >= 15 is 0 Å². The molecule has 0 radical (unpaired) electrons. The van der Waals surface area contributed by atoms with Crippen molar-refractivity contribution in [3.8, 4) is 0 Å². The Bertz CT molecular complexity index is 332. The summed E-state index contributed by atoms with van der Waals surface area (Å²) in [7, 11) is -4.39. The van der Waals surface area contributed by atoms with Crippen molar-refractivity contribution in [1.29, 1.82) is 0 Å². The maximum absolute atomic E-state index is 10.2. The van der Waals surface area contributed by atoms with Crippen LogP contribution in [0, 0.1) is 0 Å². The molecule has 0 atom stereocenters. The molecule has 2 N–H and O–H groups in total. The largest absolute Gasteiger partial charge is 0.524 e. The lowest BCUT2D eigenvalue weighted by molar-refractivity contribution is 0.259. The second kappa shape index (κ2) is 5.83. The average molecular weight is 237 g/mol. The van der Waals surface area contributed by atoms with E-state index in [0.29, 0.717) is 0 Å². The summed E-state index contributed by atoms with van der Waals surface area (Å²) in [6.07, 6.45) is 2.45. The Morgan fingerprint density at radius 3 is 2.29 bits per heavy atom. The Kier molecular flexibility index (Phi) is 5.50. The van der Waals surface area contributed by atoms with Gasteiger partial charge >= 0.3 is 7.82 Å². The van der Waals surface area contributed by atoms with Gasteiger partial charge in [-0.1, -0.05) is 30.3 Å². The summed E-state index contributed by atoms with van der Waals surface area (Å²) in [5, 5.41) is 0. The molecule has 0 aliphatic heterocycles. The number of phosphoric ester groups is 1. The zero-order chi connectivity index (χ0) is 9.73. The van der Waals surface area contributed by atoms with Crippen LogP contribution in [0.15, 0.2) is 36.6 Å². The van der Waals surface area contributed by atoms with Crippen LogP contribution in [-0.4, -0.2) is 9.79 Å². The summed E-state index contributed by atoms with van der Waals surface area (Å²) in [5.41, 5.74) is 0.816. The molecule has 0 saturated heterocycles. The molecule has 6 heteroatoms. The molecule has 4 nitrogen and oxygen atoms in total. The molecule has 0 aliphatic carbocycles. The zero-order valence-corrected chi connectivity index (χ0v) is 8.82. The highest BCUT2D eigenvalue weighted by molar-refractivity contribution is 7.46. The van der Waals surface area contributed by atoms with Gasteiger partial charge in [0.15, 0.2) is 0 Å². The minimum absolute atomic E-state index is 0. The van der Waals surface area contributed by atoms with Crippen LogP contribution in [0.2, 0.25) is 0 Å². The third-order valence-electron chi connectivity index (χ3n) is 1.26. The number of hydrogen-bond acceptors (Lipinski definition) is 2. The smallest absolute Gasteiger partial charge is 0.412 e. The Morgan fingerprint density at radius 1 is 1.21 bits per heavy atom. The van der Waals surface area contributed by atoms with Gasteiger partial charge in [0.25, 0.3) is 0 Å². The van der Waals surface area contributed by atoms with Gasteiger partial charge in [-0.25, -0.2) is 4.57 Å².